The number of likely N-dealkylation sites (N-methyl/N-ethyl adjacent to an activating group) is 1. The molecule has 120 valence electrons. The molecule has 0 spiro atoms. The Morgan fingerprint density at radius 1 is 1.35 bits per heavy atom. The van der Waals surface area contributed by atoms with Crippen LogP contribution in [0.25, 0.3) is 6.08 Å². The van der Waals surface area contributed by atoms with Gasteiger partial charge in [0, 0.05) is 12.6 Å². The van der Waals surface area contributed by atoms with Gasteiger partial charge in [-0.2, -0.15) is 0 Å². The molecule has 6 nitrogen and oxygen atoms in total. The van der Waals surface area contributed by atoms with Crippen molar-refractivity contribution in [3.63, 3.8) is 0 Å². The van der Waals surface area contributed by atoms with Gasteiger partial charge in [-0.3, -0.25) is 19.3 Å². The van der Waals surface area contributed by atoms with Gasteiger partial charge in [-0.1, -0.05) is 36.1 Å². The number of carboxylic acid groups (broad SMARTS) is 1. The highest BCUT2D eigenvalue weighted by molar-refractivity contribution is 8.26. The molecule has 2 N–H and O–H groups in total. The van der Waals surface area contributed by atoms with Crippen LogP contribution in [0, 0.1) is 0 Å². The number of aliphatic carboxylic acids is 1. The highest BCUT2D eigenvalue weighted by Gasteiger charge is 2.28. The van der Waals surface area contributed by atoms with Gasteiger partial charge < -0.3 is 10.4 Å². The number of amides is 2. The first-order chi connectivity index (χ1) is 10.8. The van der Waals surface area contributed by atoms with Crippen LogP contribution in [0.3, 0.4) is 0 Å². The summed E-state index contributed by atoms with van der Waals surface area (Å²) in [5.74, 6) is -1.72. The highest BCUT2D eigenvalue weighted by Crippen LogP contribution is 2.31. The van der Waals surface area contributed by atoms with Crippen molar-refractivity contribution in [3.8, 4) is 0 Å². The van der Waals surface area contributed by atoms with Crippen LogP contribution in [0.5, 0.6) is 0 Å². The van der Waals surface area contributed by atoms with E-state index >= 15 is 0 Å². The molecule has 1 saturated heterocycles. The number of carboxylic acids is 1. The van der Waals surface area contributed by atoms with Crippen molar-refractivity contribution in [2.24, 2.45) is 0 Å². The quantitative estimate of drug-likeness (QED) is 0.635. The second-order valence-electron chi connectivity index (χ2n) is 4.90. The zero-order valence-electron chi connectivity index (χ0n) is 12.4. The number of thioether (sulfide) groups is 1. The summed E-state index contributed by atoms with van der Waals surface area (Å²) in [7, 11) is 1.62. The summed E-state index contributed by atoms with van der Waals surface area (Å²) >= 11 is 6.28. The molecule has 2 rings (SSSR count). The number of hydrogen-bond acceptors (Lipinski definition) is 5. The molecule has 0 aromatic heterocycles. The van der Waals surface area contributed by atoms with Crippen LogP contribution in [-0.2, 0) is 9.59 Å². The van der Waals surface area contributed by atoms with E-state index in [0.29, 0.717) is 14.8 Å². The molecule has 23 heavy (non-hydrogen) atoms. The third-order valence-electron chi connectivity index (χ3n) is 3.18. The SMILES string of the molecule is CC(NC(=O)c1ccc(C=C2SC(=S)N(C)C2=O)cc1)C(=O)O. The fourth-order valence-electron chi connectivity index (χ4n) is 1.77. The van der Waals surface area contributed by atoms with Gasteiger partial charge in [0.25, 0.3) is 11.8 Å². The lowest BCUT2D eigenvalue weighted by Crippen LogP contribution is -2.38. The van der Waals surface area contributed by atoms with Gasteiger partial charge in [-0.15, -0.1) is 0 Å². The molecule has 1 aromatic rings. The van der Waals surface area contributed by atoms with Crippen molar-refractivity contribution < 1.29 is 19.5 Å². The average Bonchev–Trinajstić information content (AvgIpc) is 2.75. The Balaban J connectivity index is 2.11. The van der Waals surface area contributed by atoms with E-state index in [4.69, 9.17) is 17.3 Å². The third kappa shape index (κ3) is 3.96. The molecule has 2 amide bonds. The Morgan fingerprint density at radius 2 is 1.96 bits per heavy atom. The smallest absolute Gasteiger partial charge is 0.325 e. The average molecular weight is 350 g/mol. The Hall–Kier alpha value is -2.19. The van der Waals surface area contributed by atoms with Crippen LogP contribution in [0.4, 0.5) is 0 Å². The van der Waals surface area contributed by atoms with E-state index in [9.17, 15) is 14.4 Å². The van der Waals surface area contributed by atoms with Gasteiger partial charge in [0.05, 0.1) is 4.91 Å². The largest absolute Gasteiger partial charge is 0.480 e. The Labute approximate surface area is 142 Å². The minimum absolute atomic E-state index is 0.155. The minimum atomic E-state index is -1.10. The summed E-state index contributed by atoms with van der Waals surface area (Å²) < 4.78 is 0.500. The number of benzene rings is 1. The van der Waals surface area contributed by atoms with Crippen molar-refractivity contribution in [1.82, 2.24) is 10.2 Å². The maximum Gasteiger partial charge on any atom is 0.325 e. The summed E-state index contributed by atoms with van der Waals surface area (Å²) in [4.78, 5) is 36.4. The molecule has 1 aromatic carbocycles. The highest BCUT2D eigenvalue weighted by atomic mass is 32.2. The summed E-state index contributed by atoms with van der Waals surface area (Å²) in [5, 5.41) is 11.1. The van der Waals surface area contributed by atoms with Crippen LogP contribution in [0.15, 0.2) is 29.2 Å². The molecule has 1 fully saturated rings. The maximum absolute atomic E-state index is 11.9. The summed E-state index contributed by atoms with van der Waals surface area (Å²) in [6, 6.07) is 5.55. The van der Waals surface area contributed by atoms with Gasteiger partial charge >= 0.3 is 5.97 Å². The number of nitrogens with zero attached hydrogens (tertiary/aromatic N) is 1. The third-order valence-corrected chi connectivity index (χ3v) is 4.66. The fourth-order valence-corrected chi connectivity index (χ4v) is 2.95. The van der Waals surface area contributed by atoms with Gasteiger partial charge in [0.2, 0.25) is 0 Å². The van der Waals surface area contributed by atoms with Crippen LogP contribution < -0.4 is 5.32 Å². The van der Waals surface area contributed by atoms with Crippen molar-refractivity contribution in [2.45, 2.75) is 13.0 Å². The molecule has 1 aliphatic rings. The van der Waals surface area contributed by atoms with Crippen LogP contribution in [0.2, 0.25) is 0 Å². The molecule has 1 heterocycles. The van der Waals surface area contributed by atoms with E-state index in [1.54, 1.807) is 37.4 Å². The first-order valence-corrected chi connectivity index (χ1v) is 7.87. The topological polar surface area (TPSA) is 86.7 Å². The zero-order valence-corrected chi connectivity index (χ0v) is 14.0. The van der Waals surface area contributed by atoms with E-state index in [0.717, 1.165) is 5.56 Å². The first-order valence-electron chi connectivity index (χ1n) is 6.65. The van der Waals surface area contributed by atoms with Crippen molar-refractivity contribution in [3.05, 3.63) is 40.3 Å². The van der Waals surface area contributed by atoms with Gasteiger partial charge in [-0.25, -0.2) is 0 Å². The van der Waals surface area contributed by atoms with Crippen molar-refractivity contribution >= 4 is 52.2 Å². The van der Waals surface area contributed by atoms with E-state index in [1.165, 1.54) is 23.6 Å². The Morgan fingerprint density at radius 3 is 2.43 bits per heavy atom. The normalized spacial score (nSPS) is 17.5. The monoisotopic (exact) mass is 350 g/mol. The van der Waals surface area contributed by atoms with Crippen LogP contribution >= 0.6 is 24.0 Å². The molecule has 0 bridgehead atoms. The van der Waals surface area contributed by atoms with Crippen LogP contribution in [-0.4, -0.2) is 45.2 Å². The van der Waals surface area contributed by atoms with E-state index in [-0.39, 0.29) is 5.91 Å². The van der Waals surface area contributed by atoms with Gasteiger partial charge in [0.15, 0.2) is 0 Å². The lowest BCUT2D eigenvalue weighted by molar-refractivity contribution is -0.138. The second kappa shape index (κ2) is 6.93. The summed E-state index contributed by atoms with van der Waals surface area (Å²) in [6.07, 6.45) is 1.70. The second-order valence-corrected chi connectivity index (χ2v) is 6.57. The van der Waals surface area contributed by atoms with E-state index in [2.05, 4.69) is 5.32 Å². The molecular formula is C15H14N2O4S2. The Bertz CT molecular complexity index is 713. The number of thiocarbonyl (C=S) groups is 1. The maximum atomic E-state index is 11.9. The predicted molar refractivity (Wildman–Crippen MR) is 91.9 cm³/mol. The molecular weight excluding hydrogens is 336 g/mol. The van der Waals surface area contributed by atoms with Crippen LogP contribution in [0.1, 0.15) is 22.8 Å². The zero-order chi connectivity index (χ0) is 17.1. The van der Waals surface area contributed by atoms with Crippen molar-refractivity contribution in [1.29, 1.82) is 0 Å². The standard InChI is InChI=1S/C15H14N2O4S2/c1-8(14(20)21)16-12(18)10-5-3-9(4-6-10)7-11-13(19)17(2)15(22)23-11/h3-8H,1-2H3,(H,16,18)(H,20,21). The number of carbonyl (C=O) groups is 3. The molecule has 0 radical (unpaired) electrons. The van der Waals surface area contributed by atoms with Gasteiger partial charge in [-0.05, 0) is 30.7 Å². The minimum Gasteiger partial charge on any atom is -0.480 e. The molecule has 1 aliphatic heterocycles. The van der Waals surface area contributed by atoms with E-state index < -0.39 is 17.9 Å². The fraction of sp³-hybridized carbons (Fsp3) is 0.200. The summed E-state index contributed by atoms with van der Waals surface area (Å²) in [5.41, 5.74) is 1.10. The molecule has 0 saturated carbocycles. The molecule has 8 heteroatoms. The number of nitrogens with one attached hydrogen (secondary N) is 1. The lowest BCUT2D eigenvalue weighted by Gasteiger charge is -2.09. The van der Waals surface area contributed by atoms with E-state index in [1.807, 2.05) is 0 Å². The predicted octanol–water partition coefficient (Wildman–Crippen LogP) is 1.72. The van der Waals surface area contributed by atoms with Crippen molar-refractivity contribution in [2.75, 3.05) is 7.05 Å². The number of hydrogen-bond donors (Lipinski definition) is 2. The first kappa shape index (κ1) is 17.2. The summed E-state index contributed by atoms with van der Waals surface area (Å²) in [6.45, 7) is 1.39. The van der Waals surface area contributed by atoms with Gasteiger partial charge in [0.1, 0.15) is 10.4 Å². The molecule has 0 aliphatic carbocycles. The lowest BCUT2D eigenvalue weighted by atomic mass is 10.1. The number of carbonyl (C=O) groups excluding carboxylic acids is 2. The number of rotatable bonds is 4. The Kier molecular flexibility index (Phi) is 5.17. The molecule has 1 atom stereocenters. The molecule has 1 unspecified atom stereocenters.